The molecule has 4 nitrogen and oxygen atoms in total. The summed E-state index contributed by atoms with van der Waals surface area (Å²) in [6, 6.07) is 60.9. The molecular weight excluding hydrogens is 910 g/mol. The van der Waals surface area contributed by atoms with Crippen molar-refractivity contribution >= 4 is 79.2 Å². The van der Waals surface area contributed by atoms with Gasteiger partial charge in [-0.1, -0.05) is 168 Å². The minimum atomic E-state index is -0.497. The molecule has 2 aliphatic heterocycles. The molecule has 5 heteroatoms. The molecule has 10 aromatic rings. The van der Waals surface area contributed by atoms with Gasteiger partial charge in [-0.25, -0.2) is 0 Å². The molecule has 0 atom stereocenters. The van der Waals surface area contributed by atoms with Gasteiger partial charge in [0.2, 0.25) is 0 Å². The van der Waals surface area contributed by atoms with E-state index in [1.54, 1.807) is 0 Å². The average molecular weight is 974 g/mol. The Morgan fingerprint density at radius 3 is 1.44 bits per heavy atom. The third kappa shape index (κ3) is 6.46. The van der Waals surface area contributed by atoms with Crippen molar-refractivity contribution in [3.05, 3.63) is 215 Å². The van der Waals surface area contributed by atoms with E-state index in [1.807, 2.05) is 6.20 Å². The highest BCUT2D eigenvalue weighted by atomic mass is 16.3. The number of hydrogen-bond acceptors (Lipinski definition) is 4. The number of nitrogens with zero attached hydrogens (tertiary/aromatic N) is 3. The third-order valence-corrected chi connectivity index (χ3v) is 17.4. The molecule has 0 saturated heterocycles. The summed E-state index contributed by atoms with van der Waals surface area (Å²) >= 11 is 0. The molecule has 0 amide bonds. The highest BCUT2D eigenvalue weighted by Crippen LogP contribution is 2.63. The Bertz CT molecular complexity index is 4010. The van der Waals surface area contributed by atoms with Crippen LogP contribution in [0.15, 0.2) is 175 Å². The molecule has 2 aromatic heterocycles. The van der Waals surface area contributed by atoms with Gasteiger partial charge in [-0.3, -0.25) is 4.98 Å². The summed E-state index contributed by atoms with van der Waals surface area (Å²) in [5.74, 6) is 0. The smallest absolute Gasteiger partial charge is 0.252 e. The van der Waals surface area contributed by atoms with Gasteiger partial charge in [0, 0.05) is 62.9 Å². The second-order valence-corrected chi connectivity index (χ2v) is 26.1. The van der Waals surface area contributed by atoms with Crippen molar-refractivity contribution in [2.75, 3.05) is 9.80 Å². The lowest BCUT2D eigenvalue weighted by molar-refractivity contribution is 0.589. The van der Waals surface area contributed by atoms with Gasteiger partial charge in [-0.15, -0.1) is 0 Å². The van der Waals surface area contributed by atoms with Crippen LogP contribution >= 0.6 is 0 Å². The zero-order valence-corrected chi connectivity index (χ0v) is 45.5. The van der Waals surface area contributed by atoms with E-state index in [4.69, 9.17) is 9.40 Å². The first kappa shape index (κ1) is 45.9. The van der Waals surface area contributed by atoms with Crippen LogP contribution in [0, 0.1) is 0 Å². The van der Waals surface area contributed by atoms with Gasteiger partial charge < -0.3 is 14.2 Å². The Morgan fingerprint density at radius 2 is 0.880 bits per heavy atom. The second-order valence-electron chi connectivity index (χ2n) is 26.1. The van der Waals surface area contributed by atoms with E-state index in [2.05, 4.69) is 257 Å². The average Bonchev–Trinajstić information content (AvgIpc) is 4.23. The quantitative estimate of drug-likeness (QED) is 0.162. The molecule has 2 aliphatic carbocycles. The van der Waals surface area contributed by atoms with Gasteiger partial charge >= 0.3 is 0 Å². The van der Waals surface area contributed by atoms with E-state index < -0.39 is 5.41 Å². The van der Waals surface area contributed by atoms with Crippen molar-refractivity contribution in [3.63, 3.8) is 0 Å². The lowest BCUT2D eigenvalue weighted by Crippen LogP contribution is -2.61. The number of fused-ring (bicyclic) bond motifs is 17. The van der Waals surface area contributed by atoms with Gasteiger partial charge in [-0.2, -0.15) is 0 Å². The van der Waals surface area contributed by atoms with Gasteiger partial charge in [0.1, 0.15) is 11.2 Å². The van der Waals surface area contributed by atoms with E-state index in [0.717, 1.165) is 33.3 Å². The van der Waals surface area contributed by atoms with Crippen molar-refractivity contribution < 1.29 is 4.42 Å². The third-order valence-electron chi connectivity index (χ3n) is 17.4. The normalized spacial score (nSPS) is 15.0. The first-order valence-electron chi connectivity index (χ1n) is 27.0. The van der Waals surface area contributed by atoms with E-state index in [0.29, 0.717) is 0 Å². The molecule has 4 heterocycles. The van der Waals surface area contributed by atoms with Crippen molar-refractivity contribution in [3.8, 4) is 22.3 Å². The first-order valence-corrected chi connectivity index (χ1v) is 27.0. The van der Waals surface area contributed by atoms with Crippen LogP contribution in [0.5, 0.6) is 0 Å². The van der Waals surface area contributed by atoms with E-state index >= 15 is 0 Å². The Kier molecular flexibility index (Phi) is 9.34. The van der Waals surface area contributed by atoms with Crippen molar-refractivity contribution in [2.24, 2.45) is 0 Å². The Morgan fingerprint density at radius 1 is 0.400 bits per heavy atom. The molecule has 4 aliphatic rings. The van der Waals surface area contributed by atoms with E-state index in [-0.39, 0.29) is 28.4 Å². The van der Waals surface area contributed by atoms with Crippen molar-refractivity contribution in [1.29, 1.82) is 0 Å². The van der Waals surface area contributed by atoms with Gasteiger partial charge in [0.15, 0.2) is 0 Å². The fourth-order valence-electron chi connectivity index (χ4n) is 13.4. The predicted octanol–water partition coefficient (Wildman–Crippen LogP) is 16.6. The monoisotopic (exact) mass is 974 g/mol. The van der Waals surface area contributed by atoms with Crippen molar-refractivity contribution in [2.45, 2.75) is 110 Å². The lowest BCUT2D eigenvalue weighted by Gasteiger charge is -2.45. The Labute approximate surface area is 443 Å². The van der Waals surface area contributed by atoms with E-state index in [9.17, 15) is 0 Å². The molecule has 0 N–H and O–H groups in total. The van der Waals surface area contributed by atoms with Crippen LogP contribution in [0.25, 0.3) is 44.2 Å². The Balaban J connectivity index is 1.07. The van der Waals surface area contributed by atoms with Gasteiger partial charge in [0.05, 0.1) is 5.41 Å². The zero-order chi connectivity index (χ0) is 51.9. The summed E-state index contributed by atoms with van der Waals surface area (Å²) in [5, 5.41) is 2.22. The lowest BCUT2D eigenvalue weighted by atomic mass is 9.33. The summed E-state index contributed by atoms with van der Waals surface area (Å²) in [6.45, 7) is 27.8. The van der Waals surface area contributed by atoms with E-state index in [1.165, 1.54) is 106 Å². The van der Waals surface area contributed by atoms with Gasteiger partial charge in [0.25, 0.3) is 6.71 Å². The molecule has 75 heavy (non-hydrogen) atoms. The number of anilines is 6. The highest BCUT2D eigenvalue weighted by molar-refractivity contribution is 7.00. The van der Waals surface area contributed by atoms with Crippen LogP contribution in [0.4, 0.5) is 34.1 Å². The number of aromatic nitrogens is 1. The largest absolute Gasteiger partial charge is 0.456 e. The topological polar surface area (TPSA) is 32.5 Å². The fourth-order valence-corrected chi connectivity index (χ4v) is 13.4. The van der Waals surface area contributed by atoms with Crippen LogP contribution in [0.3, 0.4) is 0 Å². The maximum Gasteiger partial charge on any atom is 0.252 e. The Hall–Kier alpha value is -7.63. The summed E-state index contributed by atoms with van der Waals surface area (Å²) in [7, 11) is 0. The standard InChI is InChI=1S/C70H64BN3O/c1-66(2,3)41-21-26-45(27-22-41)73-59-33-43(68(7,8)9)25-30-57(59)71-58-39-64-51(37-60(58)74(46-28-23-42(24-29-46)67(4,5)6)62-35-44(69(10,11)12)34-61(73)65(62)71)50-36-49-52-40-72-32-31-55(52)70(56(49)38-63(50)75-64)53-19-15-13-17-47(53)48-18-14-16-20-54(48)70/h13-40H,1-12H3. The molecule has 0 radical (unpaired) electrons. The number of pyridine rings is 1. The molecule has 0 saturated carbocycles. The van der Waals surface area contributed by atoms with Crippen LogP contribution < -0.4 is 26.2 Å². The number of rotatable bonds is 2. The second kappa shape index (κ2) is 15.3. The molecule has 0 bridgehead atoms. The molecule has 14 rings (SSSR count). The summed E-state index contributed by atoms with van der Waals surface area (Å²) < 4.78 is 7.34. The van der Waals surface area contributed by atoms with Crippen LogP contribution in [0.1, 0.15) is 128 Å². The zero-order valence-electron chi connectivity index (χ0n) is 45.5. The molecule has 1 spiro atoms. The van der Waals surface area contributed by atoms with Crippen LogP contribution in [0.2, 0.25) is 0 Å². The highest BCUT2D eigenvalue weighted by Gasteiger charge is 2.52. The maximum absolute atomic E-state index is 7.34. The predicted molar refractivity (Wildman–Crippen MR) is 317 cm³/mol. The minimum Gasteiger partial charge on any atom is -0.456 e. The minimum absolute atomic E-state index is 0.00487. The van der Waals surface area contributed by atoms with Crippen molar-refractivity contribution in [1.82, 2.24) is 4.98 Å². The molecule has 8 aromatic carbocycles. The maximum atomic E-state index is 7.34. The SMILES string of the molecule is CC(C)(C)c1ccc(N2c3cc(C(C)(C)C)ccc3B3c4cc5oc6cc7c(cc6c5cc4N(c4ccc(C(C)(C)C)cc4)c4cc(C(C)(C)C)cc2c43)-c2cnccc2C72c3ccccc3-c3ccccc32)cc1. The molecule has 0 fully saturated rings. The number of furan rings is 1. The summed E-state index contributed by atoms with van der Waals surface area (Å²) in [6.07, 6.45) is 4.05. The van der Waals surface area contributed by atoms with Gasteiger partial charge in [-0.05, 0) is 172 Å². The van der Waals surface area contributed by atoms with Crippen LogP contribution in [-0.2, 0) is 27.1 Å². The number of hydrogen-bond donors (Lipinski definition) is 0. The molecule has 368 valence electrons. The molecular formula is C70H64BN3O. The van der Waals surface area contributed by atoms with Crippen LogP contribution in [-0.4, -0.2) is 11.7 Å². The summed E-state index contributed by atoms with van der Waals surface area (Å²) in [5.41, 5.74) is 27.4. The first-order chi connectivity index (χ1) is 35.7. The fraction of sp³-hybridized carbons (Fsp3) is 0.243. The molecule has 0 unspecified atom stereocenters. The number of benzene rings is 8. The summed E-state index contributed by atoms with van der Waals surface area (Å²) in [4.78, 5) is 9.95.